The number of aryl methyl sites for hydroxylation is 1. The minimum atomic E-state index is -1.15. The smallest absolute Gasteiger partial charge is 0.328 e. The maximum Gasteiger partial charge on any atom is 0.328 e. The molecule has 3 unspecified atom stereocenters. The van der Waals surface area contributed by atoms with Crippen LogP contribution in [-0.4, -0.2) is 27.9 Å². The molecule has 5 nitrogen and oxygen atoms in total. The summed E-state index contributed by atoms with van der Waals surface area (Å²) >= 11 is 0. The highest BCUT2D eigenvalue weighted by atomic mass is 16.4. The molecule has 1 saturated carbocycles. The molecule has 2 N–H and O–H groups in total. The van der Waals surface area contributed by atoms with Crippen LogP contribution in [0.2, 0.25) is 0 Å². The first-order valence-corrected chi connectivity index (χ1v) is 10.4. The van der Waals surface area contributed by atoms with Gasteiger partial charge in [-0.25, -0.2) is 4.79 Å². The molecule has 0 radical (unpaired) electrons. The van der Waals surface area contributed by atoms with Crippen molar-refractivity contribution >= 4 is 17.7 Å². The third kappa shape index (κ3) is 3.52. The summed E-state index contributed by atoms with van der Waals surface area (Å²) < 4.78 is 0. The first kappa shape index (κ1) is 21.3. The van der Waals surface area contributed by atoms with E-state index in [2.05, 4.69) is 13.0 Å². The van der Waals surface area contributed by atoms with E-state index in [1.165, 1.54) is 5.56 Å². The average molecular weight is 398 g/mol. The van der Waals surface area contributed by atoms with Gasteiger partial charge in [-0.2, -0.15) is 0 Å². The van der Waals surface area contributed by atoms with Crippen LogP contribution < -0.4 is 0 Å². The van der Waals surface area contributed by atoms with E-state index >= 15 is 0 Å². The number of hydrogen-bond acceptors (Lipinski definition) is 3. The molecule has 156 valence electrons. The van der Waals surface area contributed by atoms with Crippen LogP contribution in [-0.2, 0) is 21.4 Å². The Morgan fingerprint density at radius 1 is 1.10 bits per heavy atom. The zero-order valence-electron chi connectivity index (χ0n) is 17.6. The second-order valence-corrected chi connectivity index (χ2v) is 9.37. The monoisotopic (exact) mass is 398 g/mol. The summed E-state index contributed by atoms with van der Waals surface area (Å²) in [5.41, 5.74) is 2.64. The minimum Gasteiger partial charge on any atom is -0.481 e. The highest BCUT2D eigenvalue weighted by molar-refractivity contribution is 6.08. The lowest BCUT2D eigenvalue weighted by Crippen LogP contribution is -2.52. The molecule has 0 spiro atoms. The molecular weight excluding hydrogens is 368 g/mol. The van der Waals surface area contributed by atoms with Crippen molar-refractivity contribution in [3.63, 3.8) is 0 Å². The fraction of sp³-hybridized carbons (Fsp3) is 0.542. The van der Waals surface area contributed by atoms with Crippen LogP contribution >= 0.6 is 0 Å². The van der Waals surface area contributed by atoms with Gasteiger partial charge >= 0.3 is 11.9 Å². The molecule has 0 aliphatic heterocycles. The van der Waals surface area contributed by atoms with E-state index in [1.807, 2.05) is 26.8 Å². The summed E-state index contributed by atoms with van der Waals surface area (Å²) in [6, 6.07) is 4.02. The normalized spacial score (nSPS) is 28.8. The molecule has 29 heavy (non-hydrogen) atoms. The predicted molar refractivity (Wildman–Crippen MR) is 110 cm³/mol. The van der Waals surface area contributed by atoms with Crippen molar-refractivity contribution in [3.05, 3.63) is 46.5 Å². The van der Waals surface area contributed by atoms with Gasteiger partial charge in [0.1, 0.15) is 0 Å². The average Bonchev–Trinajstić information content (AvgIpc) is 2.64. The summed E-state index contributed by atoms with van der Waals surface area (Å²) in [6.07, 6.45) is 6.03. The molecular formula is C24H30O5. The van der Waals surface area contributed by atoms with E-state index in [0.717, 1.165) is 49.0 Å². The van der Waals surface area contributed by atoms with Gasteiger partial charge in [0.2, 0.25) is 0 Å². The summed E-state index contributed by atoms with van der Waals surface area (Å²) in [4.78, 5) is 35.8. The molecule has 0 bridgehead atoms. The van der Waals surface area contributed by atoms with Crippen molar-refractivity contribution in [2.24, 2.45) is 11.3 Å². The number of aliphatic carboxylic acids is 2. The van der Waals surface area contributed by atoms with Crippen molar-refractivity contribution in [2.45, 2.75) is 71.1 Å². The molecule has 1 aromatic carbocycles. The molecule has 1 fully saturated rings. The Morgan fingerprint density at radius 2 is 1.79 bits per heavy atom. The molecule has 0 saturated heterocycles. The molecule has 0 amide bonds. The van der Waals surface area contributed by atoms with Gasteiger partial charge in [-0.3, -0.25) is 9.59 Å². The van der Waals surface area contributed by atoms with Gasteiger partial charge in [-0.15, -0.1) is 0 Å². The molecule has 2 aliphatic rings. The zero-order valence-corrected chi connectivity index (χ0v) is 17.6. The number of allylic oxidation sites excluding steroid dienone is 1. The van der Waals surface area contributed by atoms with Crippen LogP contribution in [0.4, 0.5) is 0 Å². The molecule has 3 atom stereocenters. The predicted octanol–water partition coefficient (Wildman–Crippen LogP) is 4.73. The van der Waals surface area contributed by atoms with Crippen LogP contribution in [0.25, 0.3) is 0 Å². The van der Waals surface area contributed by atoms with E-state index in [9.17, 15) is 19.5 Å². The Kier molecular flexibility index (Phi) is 5.46. The summed E-state index contributed by atoms with van der Waals surface area (Å²) in [6.45, 7) is 8.06. The number of carbonyl (C=O) groups excluding carboxylic acids is 1. The maximum atomic E-state index is 12.8. The third-order valence-corrected chi connectivity index (χ3v) is 7.28. The van der Waals surface area contributed by atoms with E-state index in [-0.39, 0.29) is 23.0 Å². The van der Waals surface area contributed by atoms with Crippen LogP contribution in [0.15, 0.2) is 24.3 Å². The number of ketones is 1. The topological polar surface area (TPSA) is 91.7 Å². The second kappa shape index (κ2) is 7.43. The van der Waals surface area contributed by atoms with Crippen LogP contribution in [0.3, 0.4) is 0 Å². The number of benzene rings is 1. The van der Waals surface area contributed by atoms with Gasteiger partial charge in [-0.05, 0) is 78.7 Å². The van der Waals surface area contributed by atoms with E-state index < -0.39 is 17.4 Å². The molecule has 0 heterocycles. The molecule has 1 aromatic rings. The lowest BCUT2D eigenvalue weighted by atomic mass is 9.49. The first-order valence-electron chi connectivity index (χ1n) is 10.4. The van der Waals surface area contributed by atoms with Crippen molar-refractivity contribution in [2.75, 3.05) is 0 Å². The highest BCUT2D eigenvalue weighted by Gasteiger charge is 2.55. The molecule has 5 heteroatoms. The van der Waals surface area contributed by atoms with E-state index in [1.54, 1.807) is 0 Å². The Morgan fingerprint density at radius 3 is 2.38 bits per heavy atom. The second-order valence-electron chi connectivity index (χ2n) is 9.37. The SMILES string of the molecule is CC(C)c1cc2c(cc1C(=O)C=CC(=O)O)C1(C)CCCC(C)(C(=O)O)C1CC2. The minimum absolute atomic E-state index is 0.0103. The number of fused-ring (bicyclic) bond motifs is 3. The van der Waals surface area contributed by atoms with Crippen molar-refractivity contribution in [1.29, 1.82) is 0 Å². The number of carboxylic acids is 2. The molecule has 0 aromatic heterocycles. The maximum absolute atomic E-state index is 12.8. The Hall–Kier alpha value is -2.43. The summed E-state index contributed by atoms with van der Waals surface area (Å²) in [5.74, 6) is -2.08. The van der Waals surface area contributed by atoms with Gasteiger partial charge in [0.05, 0.1) is 5.41 Å². The number of rotatable bonds is 5. The quantitative estimate of drug-likeness (QED) is 0.553. The van der Waals surface area contributed by atoms with Crippen molar-refractivity contribution in [3.8, 4) is 0 Å². The van der Waals surface area contributed by atoms with Gasteiger partial charge in [0.25, 0.3) is 0 Å². The fourth-order valence-corrected chi connectivity index (χ4v) is 5.72. The Bertz CT molecular complexity index is 897. The lowest BCUT2D eigenvalue weighted by molar-refractivity contribution is -0.157. The van der Waals surface area contributed by atoms with Gasteiger partial charge in [-0.1, -0.05) is 33.3 Å². The Labute approximate surface area is 171 Å². The Balaban J connectivity index is 2.16. The van der Waals surface area contributed by atoms with Crippen molar-refractivity contribution < 1.29 is 24.6 Å². The number of carbonyl (C=O) groups is 3. The highest BCUT2D eigenvalue weighted by Crippen LogP contribution is 2.57. The molecule has 3 rings (SSSR count). The standard InChI is InChI=1S/C24H30O5/c1-14(2)16-12-15-6-8-20-23(3,10-5-11-24(20,4)22(28)29)18(15)13-17(16)19(25)7-9-21(26)27/h7,9,12-14,20H,5-6,8,10-11H2,1-4H3,(H,26,27)(H,28,29). The lowest BCUT2D eigenvalue weighted by Gasteiger charge is -2.53. The fourth-order valence-electron chi connectivity index (χ4n) is 5.72. The van der Waals surface area contributed by atoms with Crippen LogP contribution in [0.1, 0.15) is 86.3 Å². The molecule has 2 aliphatic carbocycles. The van der Waals surface area contributed by atoms with Crippen LogP contribution in [0, 0.1) is 11.3 Å². The summed E-state index contributed by atoms with van der Waals surface area (Å²) in [7, 11) is 0. The number of carboxylic acid groups (broad SMARTS) is 2. The van der Waals surface area contributed by atoms with Crippen molar-refractivity contribution in [1.82, 2.24) is 0 Å². The van der Waals surface area contributed by atoms with Crippen LogP contribution in [0.5, 0.6) is 0 Å². The largest absolute Gasteiger partial charge is 0.481 e. The van der Waals surface area contributed by atoms with E-state index in [4.69, 9.17) is 5.11 Å². The first-order chi connectivity index (χ1) is 13.5. The van der Waals surface area contributed by atoms with Gasteiger partial charge in [0.15, 0.2) is 5.78 Å². The third-order valence-electron chi connectivity index (χ3n) is 7.28. The zero-order chi connectivity index (χ0) is 21.6. The number of hydrogen-bond donors (Lipinski definition) is 2. The van der Waals surface area contributed by atoms with E-state index in [0.29, 0.717) is 12.0 Å². The van der Waals surface area contributed by atoms with Gasteiger partial charge < -0.3 is 10.2 Å². The summed E-state index contributed by atoms with van der Waals surface area (Å²) in [5, 5.41) is 18.9. The van der Waals surface area contributed by atoms with Gasteiger partial charge in [0, 0.05) is 11.6 Å².